The highest BCUT2D eigenvalue weighted by Crippen LogP contribution is 2.29. The number of alkyl halides is 3. The van der Waals surface area contributed by atoms with Gasteiger partial charge in [0.2, 0.25) is 0 Å². The van der Waals surface area contributed by atoms with E-state index in [1.165, 1.54) is 33.8 Å². The second-order valence-electron chi connectivity index (χ2n) is 7.82. The molecule has 3 amide bonds. The van der Waals surface area contributed by atoms with Crippen LogP contribution in [0, 0.1) is 6.92 Å². The Bertz CT molecular complexity index is 1280. The number of halogens is 3. The van der Waals surface area contributed by atoms with Crippen molar-refractivity contribution in [3.63, 3.8) is 0 Å². The largest absolute Gasteiger partial charge is 0.417 e. The van der Waals surface area contributed by atoms with Gasteiger partial charge in [-0.3, -0.25) is 19.3 Å². The first kappa shape index (κ1) is 23.1. The monoisotopic (exact) mass is 471 g/mol. The number of aryl methyl sites for hydroxylation is 1. The van der Waals surface area contributed by atoms with Crippen molar-refractivity contribution < 1.29 is 27.6 Å². The molecule has 0 fully saturated rings. The number of pyridine rings is 1. The summed E-state index contributed by atoms with van der Waals surface area (Å²) in [6.45, 7) is 3.91. The van der Waals surface area contributed by atoms with Gasteiger partial charge in [-0.2, -0.15) is 23.0 Å². The van der Waals surface area contributed by atoms with Gasteiger partial charge in [-0.15, -0.1) is 0 Å². The lowest BCUT2D eigenvalue weighted by Crippen LogP contribution is -2.30. The number of hydrogen-bond donors (Lipinski definition) is 1. The number of unbranched alkanes of at least 4 members (excludes halogenated alkanes) is 1. The van der Waals surface area contributed by atoms with Gasteiger partial charge in [-0.05, 0) is 43.7 Å². The normalized spacial score (nSPS) is 13.4. The van der Waals surface area contributed by atoms with E-state index < -0.39 is 23.6 Å². The molecule has 0 bridgehead atoms. The minimum absolute atomic E-state index is 0.0812. The van der Waals surface area contributed by atoms with E-state index in [0.29, 0.717) is 24.9 Å². The molecule has 2 aromatic heterocycles. The molecule has 0 saturated carbocycles. The van der Waals surface area contributed by atoms with Gasteiger partial charge in [0.15, 0.2) is 5.82 Å². The lowest BCUT2D eigenvalue weighted by Gasteiger charge is -2.12. The van der Waals surface area contributed by atoms with Crippen molar-refractivity contribution in [1.29, 1.82) is 0 Å². The van der Waals surface area contributed by atoms with Crippen molar-refractivity contribution in [2.24, 2.45) is 0 Å². The fraction of sp³-hybridized carbons (Fsp3) is 0.261. The smallest absolute Gasteiger partial charge is 0.306 e. The number of benzene rings is 1. The highest BCUT2D eigenvalue weighted by atomic mass is 19.4. The van der Waals surface area contributed by atoms with E-state index >= 15 is 0 Å². The van der Waals surface area contributed by atoms with Gasteiger partial charge in [-0.1, -0.05) is 13.3 Å². The molecule has 1 aliphatic heterocycles. The summed E-state index contributed by atoms with van der Waals surface area (Å²) in [5, 5.41) is 6.83. The summed E-state index contributed by atoms with van der Waals surface area (Å²) in [5.74, 6) is -1.15. The number of fused-ring (bicyclic) bond motifs is 1. The molecule has 34 heavy (non-hydrogen) atoms. The molecule has 4 rings (SSSR count). The molecular weight excluding hydrogens is 451 g/mol. The minimum Gasteiger partial charge on any atom is -0.306 e. The third-order valence-corrected chi connectivity index (χ3v) is 5.33. The highest BCUT2D eigenvalue weighted by Gasteiger charge is 2.35. The SMILES string of the molecule is CCCCN1C(=O)c2ccc(C(=O)Nc3cc(C)nn3-c3ccc(C(F)(F)F)cn3)cc2C1=O. The highest BCUT2D eigenvalue weighted by molar-refractivity contribution is 6.22. The lowest BCUT2D eigenvalue weighted by molar-refractivity contribution is -0.137. The van der Waals surface area contributed by atoms with Gasteiger partial charge in [0, 0.05) is 24.4 Å². The lowest BCUT2D eigenvalue weighted by atomic mass is 10.1. The number of anilines is 1. The van der Waals surface area contributed by atoms with Crippen LogP contribution in [0.4, 0.5) is 19.0 Å². The topological polar surface area (TPSA) is 97.2 Å². The van der Waals surface area contributed by atoms with Crippen LogP contribution in [0.25, 0.3) is 5.82 Å². The summed E-state index contributed by atoms with van der Waals surface area (Å²) in [4.78, 5) is 43.0. The Morgan fingerprint density at radius 1 is 1.06 bits per heavy atom. The van der Waals surface area contributed by atoms with Crippen molar-refractivity contribution in [2.75, 3.05) is 11.9 Å². The Labute approximate surface area is 192 Å². The summed E-state index contributed by atoms with van der Waals surface area (Å²) >= 11 is 0. The average Bonchev–Trinajstić information content (AvgIpc) is 3.28. The molecule has 0 spiro atoms. The third-order valence-electron chi connectivity index (χ3n) is 5.33. The molecule has 1 aliphatic rings. The second kappa shape index (κ2) is 8.73. The Balaban J connectivity index is 1.58. The molecule has 0 unspecified atom stereocenters. The molecule has 3 heterocycles. The minimum atomic E-state index is -4.53. The molecule has 176 valence electrons. The Hall–Kier alpha value is -4.02. The van der Waals surface area contributed by atoms with E-state index in [1.807, 2.05) is 6.92 Å². The van der Waals surface area contributed by atoms with E-state index in [-0.39, 0.29) is 34.2 Å². The molecule has 0 saturated heterocycles. The summed E-state index contributed by atoms with van der Waals surface area (Å²) in [5.41, 5.74) is 0.132. The molecule has 0 radical (unpaired) electrons. The number of carbonyl (C=O) groups excluding carboxylic acids is 3. The fourth-order valence-electron chi connectivity index (χ4n) is 3.58. The van der Waals surface area contributed by atoms with E-state index in [4.69, 9.17) is 0 Å². The van der Waals surface area contributed by atoms with Gasteiger partial charge in [-0.25, -0.2) is 4.98 Å². The van der Waals surface area contributed by atoms with E-state index in [2.05, 4.69) is 15.4 Å². The van der Waals surface area contributed by atoms with Gasteiger partial charge in [0.1, 0.15) is 5.82 Å². The maximum atomic E-state index is 12.9. The number of imide groups is 1. The van der Waals surface area contributed by atoms with Crippen molar-refractivity contribution >= 4 is 23.5 Å². The predicted molar refractivity (Wildman–Crippen MR) is 116 cm³/mol. The van der Waals surface area contributed by atoms with Crippen LogP contribution in [0.1, 0.15) is 62.1 Å². The molecular formula is C23H20F3N5O3. The van der Waals surface area contributed by atoms with Crippen LogP contribution in [0.5, 0.6) is 0 Å². The molecule has 0 aliphatic carbocycles. The number of nitrogens with zero attached hydrogens (tertiary/aromatic N) is 4. The average molecular weight is 471 g/mol. The first-order valence-corrected chi connectivity index (χ1v) is 10.5. The van der Waals surface area contributed by atoms with Gasteiger partial charge < -0.3 is 5.32 Å². The maximum absolute atomic E-state index is 12.9. The van der Waals surface area contributed by atoms with Crippen LogP contribution in [0.15, 0.2) is 42.6 Å². The Morgan fingerprint density at radius 2 is 1.79 bits per heavy atom. The van der Waals surface area contributed by atoms with Crippen LogP contribution < -0.4 is 5.32 Å². The standard InChI is InChI=1S/C23H20F3N5O3/c1-3-4-9-30-21(33)16-7-5-14(11-17(16)22(30)34)20(32)28-19-10-13(2)29-31(19)18-8-6-15(12-27-18)23(24,25)26/h5-8,10-12H,3-4,9H2,1-2H3,(H,28,32). The van der Waals surface area contributed by atoms with Gasteiger partial charge >= 0.3 is 6.18 Å². The first-order valence-electron chi connectivity index (χ1n) is 10.5. The van der Waals surface area contributed by atoms with E-state index in [1.54, 1.807) is 6.92 Å². The number of aromatic nitrogens is 3. The second-order valence-corrected chi connectivity index (χ2v) is 7.82. The van der Waals surface area contributed by atoms with E-state index in [0.717, 1.165) is 18.6 Å². The number of amides is 3. The van der Waals surface area contributed by atoms with Crippen molar-refractivity contribution in [3.8, 4) is 5.82 Å². The summed E-state index contributed by atoms with van der Waals surface area (Å²) in [7, 11) is 0. The molecule has 1 aromatic carbocycles. The number of nitrogens with one attached hydrogen (secondary N) is 1. The molecule has 8 nitrogen and oxygen atoms in total. The van der Waals surface area contributed by atoms with Crippen molar-refractivity contribution in [2.45, 2.75) is 32.9 Å². The summed E-state index contributed by atoms with van der Waals surface area (Å²) in [6.07, 6.45) is -2.34. The molecule has 0 atom stereocenters. The quantitative estimate of drug-likeness (QED) is 0.543. The predicted octanol–water partition coefficient (Wildman–Crippen LogP) is 4.24. The molecule has 11 heteroatoms. The number of hydrogen-bond acceptors (Lipinski definition) is 5. The van der Waals surface area contributed by atoms with Crippen LogP contribution in [0.2, 0.25) is 0 Å². The Morgan fingerprint density at radius 3 is 2.44 bits per heavy atom. The van der Waals surface area contributed by atoms with E-state index in [9.17, 15) is 27.6 Å². The molecule has 1 N–H and O–H groups in total. The van der Waals surface area contributed by atoms with Gasteiger partial charge in [0.25, 0.3) is 17.7 Å². The zero-order chi connectivity index (χ0) is 24.6. The maximum Gasteiger partial charge on any atom is 0.417 e. The van der Waals surface area contributed by atoms with Crippen molar-refractivity contribution in [3.05, 3.63) is 70.5 Å². The zero-order valence-electron chi connectivity index (χ0n) is 18.3. The Kier molecular flexibility index (Phi) is 5.94. The fourth-order valence-corrected chi connectivity index (χ4v) is 3.58. The summed E-state index contributed by atoms with van der Waals surface area (Å²) in [6, 6.07) is 7.80. The number of rotatable bonds is 6. The van der Waals surface area contributed by atoms with Crippen LogP contribution in [0.3, 0.4) is 0 Å². The number of carbonyl (C=O) groups is 3. The van der Waals surface area contributed by atoms with Gasteiger partial charge in [0.05, 0.1) is 22.4 Å². The van der Waals surface area contributed by atoms with Crippen LogP contribution >= 0.6 is 0 Å². The third kappa shape index (κ3) is 4.28. The first-order chi connectivity index (χ1) is 16.1. The van der Waals surface area contributed by atoms with Crippen molar-refractivity contribution in [1.82, 2.24) is 19.7 Å². The summed E-state index contributed by atoms with van der Waals surface area (Å²) < 4.78 is 39.7. The van der Waals surface area contributed by atoms with Crippen LogP contribution in [-0.4, -0.2) is 43.9 Å². The van der Waals surface area contributed by atoms with Crippen LogP contribution in [-0.2, 0) is 6.18 Å². The zero-order valence-corrected chi connectivity index (χ0v) is 18.3. The molecule has 3 aromatic rings.